The lowest BCUT2D eigenvalue weighted by molar-refractivity contribution is -0.137. The van der Waals surface area contributed by atoms with Crippen LogP contribution in [0.4, 0.5) is 17.6 Å². The highest BCUT2D eigenvalue weighted by Gasteiger charge is 2.31. The zero-order chi connectivity index (χ0) is 16.3. The van der Waals surface area contributed by atoms with Gasteiger partial charge in [0.25, 0.3) is 0 Å². The van der Waals surface area contributed by atoms with E-state index in [1.807, 2.05) is 0 Å². The Morgan fingerprint density at radius 2 is 1.73 bits per heavy atom. The molecule has 0 aliphatic carbocycles. The van der Waals surface area contributed by atoms with Crippen molar-refractivity contribution >= 4 is 12.0 Å². The first-order valence-electron chi connectivity index (χ1n) is 6.16. The molecule has 2 rings (SSSR count). The zero-order valence-electron chi connectivity index (χ0n) is 11.1. The molecule has 0 unspecified atom stereocenters. The molecule has 0 spiro atoms. The first-order valence-corrected chi connectivity index (χ1v) is 6.16. The highest BCUT2D eigenvalue weighted by atomic mass is 19.4. The van der Waals surface area contributed by atoms with Gasteiger partial charge < -0.3 is 5.11 Å². The number of carboxylic acid groups (broad SMARTS) is 1. The Bertz CT molecular complexity index is 733. The van der Waals surface area contributed by atoms with Crippen LogP contribution >= 0.6 is 0 Å². The number of carboxylic acids is 1. The van der Waals surface area contributed by atoms with E-state index in [-0.39, 0.29) is 16.7 Å². The number of benzene rings is 2. The molecule has 2 aromatic rings. The smallest absolute Gasteiger partial charge is 0.416 e. The minimum atomic E-state index is -4.57. The molecule has 2 nitrogen and oxygen atoms in total. The van der Waals surface area contributed by atoms with Crippen LogP contribution in [0.25, 0.3) is 17.2 Å². The Kier molecular flexibility index (Phi) is 4.30. The summed E-state index contributed by atoms with van der Waals surface area (Å²) < 4.78 is 52.1. The minimum Gasteiger partial charge on any atom is -0.478 e. The van der Waals surface area contributed by atoms with Crippen molar-refractivity contribution in [1.82, 2.24) is 0 Å². The predicted molar refractivity (Wildman–Crippen MR) is 73.5 cm³/mol. The molecule has 0 saturated carbocycles. The molecule has 0 aliphatic rings. The topological polar surface area (TPSA) is 37.3 Å². The maximum atomic E-state index is 13.8. The highest BCUT2D eigenvalue weighted by molar-refractivity contribution is 5.88. The van der Waals surface area contributed by atoms with Gasteiger partial charge in [-0.15, -0.1) is 0 Å². The van der Waals surface area contributed by atoms with Crippen LogP contribution in [0.15, 0.2) is 48.5 Å². The van der Waals surface area contributed by atoms with Gasteiger partial charge in [0.1, 0.15) is 5.82 Å². The summed E-state index contributed by atoms with van der Waals surface area (Å²) >= 11 is 0. The molecule has 114 valence electrons. The maximum absolute atomic E-state index is 13.8. The second-order valence-electron chi connectivity index (χ2n) is 4.45. The predicted octanol–water partition coefficient (Wildman–Crippen LogP) is 4.61. The van der Waals surface area contributed by atoms with E-state index >= 15 is 0 Å². The number of alkyl halides is 3. The minimum absolute atomic E-state index is 0.0256. The summed E-state index contributed by atoms with van der Waals surface area (Å²) in [5.41, 5.74) is -0.676. The molecule has 1 N–H and O–H groups in total. The first-order chi connectivity index (χ1) is 10.3. The van der Waals surface area contributed by atoms with Crippen molar-refractivity contribution in [3.8, 4) is 11.1 Å². The number of hydrogen-bond donors (Lipinski definition) is 1. The molecule has 6 heteroatoms. The van der Waals surface area contributed by atoms with Crippen molar-refractivity contribution in [1.29, 1.82) is 0 Å². The summed E-state index contributed by atoms with van der Waals surface area (Å²) in [5.74, 6) is -1.91. The zero-order valence-corrected chi connectivity index (χ0v) is 11.1. The van der Waals surface area contributed by atoms with Crippen molar-refractivity contribution in [2.75, 3.05) is 0 Å². The molecule has 0 radical (unpaired) electrons. The van der Waals surface area contributed by atoms with E-state index in [1.165, 1.54) is 18.2 Å². The van der Waals surface area contributed by atoms with Crippen molar-refractivity contribution < 1.29 is 27.5 Å². The lowest BCUT2D eigenvalue weighted by Crippen LogP contribution is -2.05. The monoisotopic (exact) mass is 310 g/mol. The maximum Gasteiger partial charge on any atom is 0.416 e. The van der Waals surface area contributed by atoms with Crippen LogP contribution in [-0.4, -0.2) is 11.1 Å². The average Bonchev–Trinajstić information content (AvgIpc) is 2.44. The second-order valence-corrected chi connectivity index (χ2v) is 4.45. The SMILES string of the molecule is O=C(O)C=Cc1cc(C(F)(F)F)ccc1-c1ccccc1F. The molecule has 0 bridgehead atoms. The fraction of sp³-hybridized carbons (Fsp3) is 0.0625. The molecular weight excluding hydrogens is 300 g/mol. The summed E-state index contributed by atoms with van der Waals surface area (Å²) in [6.07, 6.45) is -2.85. The van der Waals surface area contributed by atoms with Crippen LogP contribution in [-0.2, 0) is 11.0 Å². The number of carbonyl (C=O) groups is 1. The van der Waals surface area contributed by atoms with Gasteiger partial charge in [-0.05, 0) is 35.4 Å². The van der Waals surface area contributed by atoms with Crippen LogP contribution in [0.1, 0.15) is 11.1 Å². The Morgan fingerprint density at radius 3 is 2.32 bits per heavy atom. The summed E-state index contributed by atoms with van der Waals surface area (Å²) in [6, 6.07) is 8.34. The normalized spacial score (nSPS) is 11.8. The van der Waals surface area contributed by atoms with E-state index in [4.69, 9.17) is 5.11 Å². The van der Waals surface area contributed by atoms with Crippen LogP contribution in [0, 0.1) is 5.82 Å². The first kappa shape index (κ1) is 15.8. The number of aliphatic carboxylic acids is 1. The van der Waals surface area contributed by atoms with Crippen LogP contribution in [0.5, 0.6) is 0 Å². The Hall–Kier alpha value is -2.63. The van der Waals surface area contributed by atoms with E-state index in [9.17, 15) is 22.4 Å². The van der Waals surface area contributed by atoms with E-state index in [2.05, 4.69) is 0 Å². The lowest BCUT2D eigenvalue weighted by atomic mass is 9.96. The fourth-order valence-corrected chi connectivity index (χ4v) is 1.96. The average molecular weight is 310 g/mol. The van der Waals surface area contributed by atoms with Gasteiger partial charge >= 0.3 is 12.1 Å². The van der Waals surface area contributed by atoms with Crippen molar-refractivity contribution in [3.05, 3.63) is 65.5 Å². The molecule has 22 heavy (non-hydrogen) atoms. The van der Waals surface area contributed by atoms with Crippen LogP contribution < -0.4 is 0 Å². The van der Waals surface area contributed by atoms with E-state index in [0.717, 1.165) is 24.3 Å². The Labute approximate surface area is 123 Å². The summed E-state index contributed by atoms with van der Waals surface area (Å²) in [6.45, 7) is 0. The van der Waals surface area contributed by atoms with Gasteiger partial charge in [-0.3, -0.25) is 0 Å². The van der Waals surface area contributed by atoms with Gasteiger partial charge in [-0.2, -0.15) is 13.2 Å². The Morgan fingerprint density at radius 1 is 1.05 bits per heavy atom. The van der Waals surface area contributed by atoms with Gasteiger partial charge in [-0.25, -0.2) is 9.18 Å². The molecular formula is C16H10F4O2. The third-order valence-corrected chi connectivity index (χ3v) is 2.95. The highest BCUT2D eigenvalue weighted by Crippen LogP contribution is 2.34. The van der Waals surface area contributed by atoms with Gasteiger partial charge in [-0.1, -0.05) is 24.3 Å². The summed E-state index contributed by atoms with van der Waals surface area (Å²) in [7, 11) is 0. The second kappa shape index (κ2) is 6.01. The number of halogens is 4. The molecule has 2 aromatic carbocycles. The van der Waals surface area contributed by atoms with Crippen molar-refractivity contribution in [2.24, 2.45) is 0 Å². The van der Waals surface area contributed by atoms with Crippen molar-refractivity contribution in [2.45, 2.75) is 6.18 Å². The Balaban J connectivity index is 2.63. The summed E-state index contributed by atoms with van der Waals surface area (Å²) in [5, 5.41) is 8.64. The van der Waals surface area contributed by atoms with Crippen molar-refractivity contribution in [3.63, 3.8) is 0 Å². The molecule has 0 saturated heterocycles. The molecule has 0 aromatic heterocycles. The van der Waals surface area contributed by atoms with Crippen LogP contribution in [0.2, 0.25) is 0 Å². The summed E-state index contributed by atoms with van der Waals surface area (Å²) in [4.78, 5) is 10.6. The van der Waals surface area contributed by atoms with E-state index < -0.39 is 23.5 Å². The molecule has 0 aliphatic heterocycles. The van der Waals surface area contributed by atoms with E-state index in [1.54, 1.807) is 6.07 Å². The van der Waals surface area contributed by atoms with Gasteiger partial charge in [0.05, 0.1) is 5.56 Å². The largest absolute Gasteiger partial charge is 0.478 e. The fourth-order valence-electron chi connectivity index (χ4n) is 1.96. The van der Waals surface area contributed by atoms with Gasteiger partial charge in [0.15, 0.2) is 0 Å². The van der Waals surface area contributed by atoms with E-state index in [0.29, 0.717) is 6.08 Å². The van der Waals surface area contributed by atoms with Crippen LogP contribution in [0.3, 0.4) is 0 Å². The number of rotatable bonds is 3. The lowest BCUT2D eigenvalue weighted by Gasteiger charge is -2.12. The van der Waals surface area contributed by atoms with Gasteiger partial charge in [0, 0.05) is 11.6 Å². The third-order valence-electron chi connectivity index (χ3n) is 2.95. The standard InChI is InChI=1S/C16H10F4O2/c17-14-4-2-1-3-13(14)12-7-6-11(16(18,19)20)9-10(12)5-8-15(21)22/h1-9H,(H,21,22). The molecule has 0 amide bonds. The van der Waals surface area contributed by atoms with Gasteiger partial charge in [0.2, 0.25) is 0 Å². The molecule has 0 atom stereocenters. The number of hydrogen-bond acceptors (Lipinski definition) is 1. The molecule has 0 fully saturated rings. The molecule has 0 heterocycles. The quantitative estimate of drug-likeness (QED) is 0.664. The third kappa shape index (κ3) is 3.52.